The highest BCUT2D eigenvalue weighted by atomic mass is 15.4. The van der Waals surface area contributed by atoms with Gasteiger partial charge in [-0.1, -0.05) is 13.8 Å². The first-order valence-corrected chi connectivity index (χ1v) is 2.99. The Hall–Kier alpha value is -0.700. The van der Waals surface area contributed by atoms with Gasteiger partial charge in [0.1, 0.15) is 0 Å². The standard InChI is InChI=1S/C6H15N3/c1-5(2)6(4-7)9(3)8/h4-5H,7-8H2,1-3H3/b6-4-. The molecule has 0 aromatic carbocycles. The van der Waals surface area contributed by atoms with Gasteiger partial charge >= 0.3 is 0 Å². The third kappa shape index (κ3) is 2.37. The zero-order chi connectivity index (χ0) is 7.44. The van der Waals surface area contributed by atoms with Gasteiger partial charge in [0.2, 0.25) is 0 Å². The summed E-state index contributed by atoms with van der Waals surface area (Å²) in [5, 5.41) is 1.53. The highest BCUT2D eigenvalue weighted by Crippen LogP contribution is 2.07. The second-order valence-corrected chi connectivity index (χ2v) is 2.36. The lowest BCUT2D eigenvalue weighted by molar-refractivity contribution is 0.389. The predicted molar refractivity (Wildman–Crippen MR) is 39.1 cm³/mol. The normalized spacial score (nSPS) is 12.3. The number of allylic oxidation sites excluding steroid dienone is 1. The van der Waals surface area contributed by atoms with Gasteiger partial charge in [-0.15, -0.1) is 0 Å². The Kier molecular flexibility index (Phi) is 3.09. The lowest BCUT2D eigenvalue weighted by atomic mass is 10.1. The van der Waals surface area contributed by atoms with E-state index in [1.807, 2.05) is 13.8 Å². The Morgan fingerprint density at radius 3 is 2.00 bits per heavy atom. The zero-order valence-corrected chi connectivity index (χ0v) is 6.26. The summed E-state index contributed by atoms with van der Waals surface area (Å²) in [6, 6.07) is 0. The molecule has 54 valence electrons. The third-order valence-corrected chi connectivity index (χ3v) is 1.17. The molecule has 0 atom stereocenters. The average molecular weight is 129 g/mol. The fraction of sp³-hybridized carbons (Fsp3) is 0.667. The molecule has 0 fully saturated rings. The Morgan fingerprint density at radius 1 is 1.56 bits per heavy atom. The van der Waals surface area contributed by atoms with Crippen LogP contribution in [0.2, 0.25) is 0 Å². The van der Waals surface area contributed by atoms with Crippen LogP contribution in [0.4, 0.5) is 0 Å². The van der Waals surface area contributed by atoms with Crippen LogP contribution in [0.1, 0.15) is 13.8 Å². The maximum Gasteiger partial charge on any atom is 0.0467 e. The molecule has 4 N–H and O–H groups in total. The van der Waals surface area contributed by atoms with Crippen molar-refractivity contribution >= 4 is 0 Å². The quantitative estimate of drug-likeness (QED) is 0.415. The summed E-state index contributed by atoms with van der Waals surface area (Å²) in [7, 11) is 1.78. The molecule has 9 heavy (non-hydrogen) atoms. The summed E-state index contributed by atoms with van der Waals surface area (Å²) < 4.78 is 0. The second-order valence-electron chi connectivity index (χ2n) is 2.36. The smallest absolute Gasteiger partial charge is 0.0467 e. The highest BCUT2D eigenvalue weighted by Gasteiger charge is 2.02. The van der Waals surface area contributed by atoms with Gasteiger partial charge < -0.3 is 10.7 Å². The molecule has 0 aliphatic heterocycles. The summed E-state index contributed by atoms with van der Waals surface area (Å²) in [4.78, 5) is 0. The van der Waals surface area contributed by atoms with Crippen molar-refractivity contribution in [1.82, 2.24) is 5.01 Å². The maximum atomic E-state index is 5.43. The molecule has 0 aromatic heterocycles. The molecule has 0 rings (SSSR count). The zero-order valence-electron chi connectivity index (χ0n) is 6.26. The summed E-state index contributed by atoms with van der Waals surface area (Å²) >= 11 is 0. The minimum atomic E-state index is 0.394. The van der Waals surface area contributed by atoms with Crippen molar-refractivity contribution in [2.45, 2.75) is 13.8 Å². The minimum Gasteiger partial charge on any atom is -0.403 e. The molecule has 0 amide bonds. The van der Waals surface area contributed by atoms with Gasteiger partial charge in [0.05, 0.1) is 0 Å². The monoisotopic (exact) mass is 129 g/mol. The predicted octanol–water partition coefficient (Wildman–Crippen LogP) is 0.248. The van der Waals surface area contributed by atoms with E-state index in [0.29, 0.717) is 5.92 Å². The van der Waals surface area contributed by atoms with Crippen molar-refractivity contribution in [3.05, 3.63) is 11.9 Å². The molecule has 0 heterocycles. The van der Waals surface area contributed by atoms with Crippen molar-refractivity contribution < 1.29 is 0 Å². The van der Waals surface area contributed by atoms with Crippen molar-refractivity contribution in [3.8, 4) is 0 Å². The third-order valence-electron chi connectivity index (χ3n) is 1.17. The van der Waals surface area contributed by atoms with Crippen LogP contribution >= 0.6 is 0 Å². The molecule has 0 aliphatic carbocycles. The topological polar surface area (TPSA) is 55.3 Å². The van der Waals surface area contributed by atoms with E-state index in [2.05, 4.69) is 0 Å². The van der Waals surface area contributed by atoms with E-state index >= 15 is 0 Å². The first-order valence-electron chi connectivity index (χ1n) is 2.99. The molecular formula is C6H15N3. The van der Waals surface area contributed by atoms with E-state index in [0.717, 1.165) is 5.70 Å². The van der Waals surface area contributed by atoms with E-state index in [1.165, 1.54) is 11.2 Å². The van der Waals surface area contributed by atoms with Crippen LogP contribution in [0.3, 0.4) is 0 Å². The number of rotatable bonds is 2. The van der Waals surface area contributed by atoms with E-state index in [1.54, 1.807) is 7.05 Å². The minimum absolute atomic E-state index is 0.394. The molecule has 0 unspecified atom stereocenters. The van der Waals surface area contributed by atoms with Gasteiger partial charge in [0.15, 0.2) is 0 Å². The molecule has 3 nitrogen and oxygen atoms in total. The lowest BCUT2D eigenvalue weighted by Gasteiger charge is -2.18. The first-order chi connectivity index (χ1) is 4.09. The summed E-state index contributed by atoms with van der Waals surface area (Å²) in [6.07, 6.45) is 1.53. The number of nitrogens with two attached hydrogens (primary N) is 2. The van der Waals surface area contributed by atoms with Crippen LogP contribution < -0.4 is 11.6 Å². The van der Waals surface area contributed by atoms with E-state index in [9.17, 15) is 0 Å². The van der Waals surface area contributed by atoms with Crippen LogP contribution in [-0.2, 0) is 0 Å². The van der Waals surface area contributed by atoms with Crippen molar-refractivity contribution in [3.63, 3.8) is 0 Å². The molecule has 0 saturated heterocycles. The van der Waals surface area contributed by atoms with Gasteiger partial charge in [0.25, 0.3) is 0 Å². The number of hydrazine groups is 1. The van der Waals surface area contributed by atoms with Gasteiger partial charge in [-0.3, -0.25) is 0 Å². The Labute approximate surface area is 56.3 Å². The average Bonchev–Trinajstić information content (AvgIpc) is 1.64. The van der Waals surface area contributed by atoms with E-state index in [-0.39, 0.29) is 0 Å². The van der Waals surface area contributed by atoms with Gasteiger partial charge in [0, 0.05) is 18.9 Å². The molecule has 0 aliphatic rings. The maximum absolute atomic E-state index is 5.43. The second kappa shape index (κ2) is 3.35. The number of hydrogen-bond donors (Lipinski definition) is 2. The molecule has 0 bridgehead atoms. The fourth-order valence-corrected chi connectivity index (χ4v) is 0.717. The molecular weight excluding hydrogens is 114 g/mol. The van der Waals surface area contributed by atoms with Crippen molar-refractivity contribution in [2.75, 3.05) is 7.05 Å². The van der Waals surface area contributed by atoms with Gasteiger partial charge in [-0.05, 0) is 5.92 Å². The summed E-state index contributed by atoms with van der Waals surface area (Å²) in [6.45, 7) is 4.09. The molecule has 0 spiro atoms. The lowest BCUT2D eigenvalue weighted by Crippen LogP contribution is -2.28. The number of nitrogens with zero attached hydrogens (tertiary/aromatic N) is 1. The Morgan fingerprint density at radius 2 is 2.00 bits per heavy atom. The van der Waals surface area contributed by atoms with Crippen molar-refractivity contribution in [1.29, 1.82) is 0 Å². The largest absolute Gasteiger partial charge is 0.403 e. The first kappa shape index (κ1) is 8.30. The molecule has 3 heteroatoms. The Bertz CT molecular complexity index is 94.9. The molecule has 0 saturated carbocycles. The van der Waals surface area contributed by atoms with Crippen LogP contribution in [-0.4, -0.2) is 12.1 Å². The highest BCUT2D eigenvalue weighted by molar-refractivity contribution is 4.98. The van der Waals surface area contributed by atoms with E-state index < -0.39 is 0 Å². The van der Waals surface area contributed by atoms with Gasteiger partial charge in [-0.2, -0.15) is 0 Å². The van der Waals surface area contributed by atoms with E-state index in [4.69, 9.17) is 11.6 Å². The SMILES string of the molecule is CC(C)/C(=C/N)N(C)N. The Balaban J connectivity index is 4.01. The van der Waals surface area contributed by atoms with Crippen LogP contribution in [0.5, 0.6) is 0 Å². The fourth-order valence-electron chi connectivity index (χ4n) is 0.717. The van der Waals surface area contributed by atoms with Gasteiger partial charge in [-0.25, -0.2) is 5.84 Å². The van der Waals surface area contributed by atoms with Crippen LogP contribution in [0.25, 0.3) is 0 Å². The van der Waals surface area contributed by atoms with Crippen LogP contribution in [0.15, 0.2) is 11.9 Å². The molecule has 0 aromatic rings. The number of hydrogen-bond acceptors (Lipinski definition) is 3. The summed E-state index contributed by atoms with van der Waals surface area (Å²) in [5.74, 6) is 5.83. The summed E-state index contributed by atoms with van der Waals surface area (Å²) in [5.41, 5.74) is 6.24. The molecule has 0 radical (unpaired) electrons. The van der Waals surface area contributed by atoms with Crippen molar-refractivity contribution in [2.24, 2.45) is 17.5 Å². The van der Waals surface area contributed by atoms with Crippen LogP contribution in [0, 0.1) is 5.92 Å².